The molecule has 0 fully saturated rings. The van der Waals surface area contributed by atoms with Gasteiger partial charge in [0, 0.05) is 18.3 Å². The average Bonchev–Trinajstić information content (AvgIpc) is 2.97. The molecule has 1 aromatic heterocycles. The second kappa shape index (κ2) is 6.39. The summed E-state index contributed by atoms with van der Waals surface area (Å²) >= 11 is 0. The van der Waals surface area contributed by atoms with E-state index in [1.165, 1.54) is 6.92 Å². The first-order valence-electron chi connectivity index (χ1n) is 7.91. The van der Waals surface area contributed by atoms with Gasteiger partial charge < -0.3 is 9.42 Å². The van der Waals surface area contributed by atoms with Crippen LogP contribution in [0, 0.1) is 6.92 Å². The Morgan fingerprint density at radius 1 is 1.38 bits per heavy atom. The third-order valence-electron chi connectivity index (χ3n) is 4.29. The highest BCUT2D eigenvalue weighted by Crippen LogP contribution is 2.28. The SMILES string of the molecule is Cc1cc(CS(=O)(=O)C(C)C(=O)N2CCCc3ccccc32)no1. The number of fused-ring (bicyclic) bond motifs is 1. The van der Waals surface area contributed by atoms with Crippen LogP contribution >= 0.6 is 0 Å². The Hall–Kier alpha value is -2.15. The maximum absolute atomic E-state index is 12.8. The van der Waals surface area contributed by atoms with Crippen molar-refractivity contribution in [2.24, 2.45) is 0 Å². The van der Waals surface area contributed by atoms with Gasteiger partial charge in [0.05, 0.1) is 11.4 Å². The third kappa shape index (κ3) is 3.21. The molecule has 0 bridgehead atoms. The minimum absolute atomic E-state index is 0.299. The Morgan fingerprint density at radius 3 is 2.83 bits per heavy atom. The van der Waals surface area contributed by atoms with Crippen LogP contribution in [-0.2, 0) is 26.8 Å². The van der Waals surface area contributed by atoms with Crippen LogP contribution in [0.2, 0.25) is 0 Å². The molecule has 1 aromatic carbocycles. The van der Waals surface area contributed by atoms with Gasteiger partial charge in [0.25, 0.3) is 0 Å². The van der Waals surface area contributed by atoms with E-state index in [4.69, 9.17) is 4.52 Å². The van der Waals surface area contributed by atoms with Crippen molar-refractivity contribution in [1.82, 2.24) is 5.16 Å². The largest absolute Gasteiger partial charge is 0.361 e. The number of nitrogens with zero attached hydrogens (tertiary/aromatic N) is 2. The number of hydrogen-bond donors (Lipinski definition) is 0. The van der Waals surface area contributed by atoms with Gasteiger partial charge in [-0.05, 0) is 38.3 Å². The molecule has 0 saturated heterocycles. The Labute approximate surface area is 141 Å². The molecule has 1 aliphatic rings. The standard InChI is InChI=1S/C17H20N2O4S/c1-12-10-15(18-23-12)11-24(21,22)13(2)17(20)19-9-5-7-14-6-3-4-8-16(14)19/h3-4,6,8,10,13H,5,7,9,11H2,1-2H3. The lowest BCUT2D eigenvalue weighted by Crippen LogP contribution is -2.44. The number of para-hydroxylation sites is 1. The Kier molecular flexibility index (Phi) is 4.45. The molecule has 2 aromatic rings. The van der Waals surface area contributed by atoms with Gasteiger partial charge in [0.1, 0.15) is 11.0 Å². The first-order chi connectivity index (χ1) is 11.4. The fourth-order valence-electron chi connectivity index (χ4n) is 2.95. The first-order valence-corrected chi connectivity index (χ1v) is 9.63. The van der Waals surface area contributed by atoms with Gasteiger partial charge in [-0.1, -0.05) is 23.4 Å². The molecule has 1 atom stereocenters. The number of aromatic nitrogens is 1. The second-order valence-electron chi connectivity index (χ2n) is 6.10. The Morgan fingerprint density at radius 2 is 2.12 bits per heavy atom. The number of aryl methyl sites for hydroxylation is 2. The van der Waals surface area contributed by atoms with Crippen molar-refractivity contribution in [3.8, 4) is 0 Å². The van der Waals surface area contributed by atoms with E-state index in [1.54, 1.807) is 17.9 Å². The lowest BCUT2D eigenvalue weighted by molar-refractivity contribution is -0.118. The summed E-state index contributed by atoms with van der Waals surface area (Å²) in [4.78, 5) is 14.4. The van der Waals surface area contributed by atoms with Crippen LogP contribution in [0.4, 0.5) is 5.69 Å². The number of carbonyl (C=O) groups is 1. The molecular formula is C17H20N2O4S. The van der Waals surface area contributed by atoms with Crippen molar-refractivity contribution >= 4 is 21.4 Å². The molecule has 6 nitrogen and oxygen atoms in total. The molecule has 24 heavy (non-hydrogen) atoms. The summed E-state index contributed by atoms with van der Waals surface area (Å²) in [6.07, 6.45) is 1.73. The highest BCUT2D eigenvalue weighted by atomic mass is 32.2. The third-order valence-corrected chi connectivity index (χ3v) is 6.27. The molecule has 0 N–H and O–H groups in total. The summed E-state index contributed by atoms with van der Waals surface area (Å²) in [5.41, 5.74) is 2.22. The zero-order valence-corrected chi connectivity index (χ0v) is 14.5. The number of hydrogen-bond acceptors (Lipinski definition) is 5. The van der Waals surface area contributed by atoms with Crippen LogP contribution in [0.5, 0.6) is 0 Å². The van der Waals surface area contributed by atoms with Crippen molar-refractivity contribution in [1.29, 1.82) is 0 Å². The highest BCUT2D eigenvalue weighted by molar-refractivity contribution is 7.92. The van der Waals surface area contributed by atoms with Crippen molar-refractivity contribution in [3.63, 3.8) is 0 Å². The van der Waals surface area contributed by atoms with Crippen molar-refractivity contribution in [2.75, 3.05) is 11.4 Å². The summed E-state index contributed by atoms with van der Waals surface area (Å²) in [5.74, 6) is -0.140. The van der Waals surface area contributed by atoms with E-state index in [-0.39, 0.29) is 11.7 Å². The van der Waals surface area contributed by atoms with E-state index in [0.29, 0.717) is 18.0 Å². The topological polar surface area (TPSA) is 80.5 Å². The van der Waals surface area contributed by atoms with Crippen LogP contribution in [0.1, 0.15) is 30.4 Å². The van der Waals surface area contributed by atoms with Crippen LogP contribution in [0.15, 0.2) is 34.9 Å². The summed E-state index contributed by atoms with van der Waals surface area (Å²) in [5, 5.41) is 2.59. The number of amides is 1. The van der Waals surface area contributed by atoms with Crippen molar-refractivity contribution in [2.45, 2.75) is 37.7 Å². The molecule has 2 heterocycles. The molecule has 1 aliphatic heterocycles. The lowest BCUT2D eigenvalue weighted by atomic mass is 10.0. The summed E-state index contributed by atoms with van der Waals surface area (Å²) in [6.45, 7) is 3.68. The fourth-order valence-corrected chi connectivity index (χ4v) is 4.19. The summed E-state index contributed by atoms with van der Waals surface area (Å²) in [7, 11) is -3.66. The second-order valence-corrected chi connectivity index (χ2v) is 8.42. The van der Waals surface area contributed by atoms with Crippen LogP contribution < -0.4 is 4.90 Å². The van der Waals surface area contributed by atoms with Gasteiger partial charge in [-0.2, -0.15) is 0 Å². The molecule has 7 heteroatoms. The smallest absolute Gasteiger partial charge is 0.245 e. The first kappa shape index (κ1) is 16.7. The van der Waals surface area contributed by atoms with Gasteiger partial charge in [-0.15, -0.1) is 0 Å². The molecule has 0 saturated carbocycles. The molecule has 0 spiro atoms. The number of rotatable bonds is 4. The molecule has 1 unspecified atom stereocenters. The molecule has 128 valence electrons. The van der Waals surface area contributed by atoms with Gasteiger partial charge in [0.2, 0.25) is 5.91 Å². The van der Waals surface area contributed by atoms with E-state index in [0.717, 1.165) is 24.1 Å². The molecule has 1 amide bonds. The zero-order valence-electron chi connectivity index (χ0n) is 13.7. The van der Waals surface area contributed by atoms with Gasteiger partial charge in [-0.25, -0.2) is 8.42 Å². The van der Waals surface area contributed by atoms with Gasteiger partial charge >= 0.3 is 0 Å². The number of benzene rings is 1. The lowest BCUT2D eigenvalue weighted by Gasteiger charge is -2.31. The van der Waals surface area contributed by atoms with E-state index in [9.17, 15) is 13.2 Å². The van der Waals surface area contributed by atoms with Crippen molar-refractivity contribution in [3.05, 3.63) is 47.3 Å². The monoisotopic (exact) mass is 348 g/mol. The average molecular weight is 348 g/mol. The van der Waals surface area contributed by atoms with Gasteiger partial charge in [-0.3, -0.25) is 4.79 Å². The molecule has 0 aliphatic carbocycles. The van der Waals surface area contributed by atoms with Crippen LogP contribution in [-0.4, -0.2) is 31.3 Å². The van der Waals surface area contributed by atoms with E-state index < -0.39 is 15.1 Å². The minimum atomic E-state index is -3.66. The van der Waals surface area contributed by atoms with E-state index >= 15 is 0 Å². The van der Waals surface area contributed by atoms with E-state index in [1.807, 2.05) is 24.3 Å². The highest BCUT2D eigenvalue weighted by Gasteiger charge is 2.34. The van der Waals surface area contributed by atoms with Crippen LogP contribution in [0.25, 0.3) is 0 Å². The summed E-state index contributed by atoms with van der Waals surface area (Å²) < 4.78 is 30.1. The van der Waals surface area contributed by atoms with Crippen LogP contribution in [0.3, 0.4) is 0 Å². The van der Waals surface area contributed by atoms with Crippen molar-refractivity contribution < 1.29 is 17.7 Å². The maximum atomic E-state index is 12.8. The maximum Gasteiger partial charge on any atom is 0.245 e. The Balaban J connectivity index is 1.82. The summed E-state index contributed by atoms with van der Waals surface area (Å²) in [6, 6.07) is 9.21. The van der Waals surface area contributed by atoms with E-state index in [2.05, 4.69) is 5.16 Å². The number of anilines is 1. The van der Waals surface area contributed by atoms with Gasteiger partial charge in [0.15, 0.2) is 9.84 Å². The minimum Gasteiger partial charge on any atom is -0.361 e. The molecule has 0 radical (unpaired) electrons. The number of carbonyl (C=O) groups excluding carboxylic acids is 1. The molecular weight excluding hydrogens is 328 g/mol. The quantitative estimate of drug-likeness (QED) is 0.847. The molecule has 3 rings (SSSR count). The normalized spacial score (nSPS) is 15.8. The number of sulfone groups is 1. The Bertz CT molecular complexity index is 857. The fraction of sp³-hybridized carbons (Fsp3) is 0.412. The predicted molar refractivity (Wildman–Crippen MR) is 90.4 cm³/mol. The zero-order chi connectivity index (χ0) is 17.3. The predicted octanol–water partition coefficient (Wildman–Crippen LogP) is 2.27.